The Morgan fingerprint density at radius 2 is 1.41 bits per heavy atom. The van der Waals surface area contributed by atoms with Crippen molar-refractivity contribution in [1.29, 1.82) is 0 Å². The zero-order valence-corrected chi connectivity index (χ0v) is 26.6. The number of carbonyl (C=O) groups is 5. The molecule has 0 radical (unpaired) electrons. The quantitative estimate of drug-likeness (QED) is 0.0681. The van der Waals surface area contributed by atoms with Crippen LogP contribution in [0.1, 0.15) is 104 Å². The van der Waals surface area contributed by atoms with Crippen LogP contribution in [0.5, 0.6) is 5.75 Å². The number of hydrogen-bond acceptors (Lipinski definition) is 7. The lowest BCUT2D eigenvalue weighted by Gasteiger charge is -2.21. The number of anilines is 1. The normalized spacial score (nSPS) is 11.2. The Balaban J connectivity index is 2.40. The number of benzene rings is 1. The molecule has 0 spiro atoms. The van der Waals surface area contributed by atoms with Crippen molar-refractivity contribution in [3.8, 4) is 5.75 Å². The average Bonchev–Trinajstić information content (AvgIpc) is 2.99. The summed E-state index contributed by atoms with van der Waals surface area (Å²) >= 11 is 0. The van der Waals surface area contributed by atoms with E-state index in [0.29, 0.717) is 37.4 Å². The van der Waals surface area contributed by atoms with Crippen molar-refractivity contribution in [3.05, 3.63) is 24.3 Å². The minimum Gasteiger partial charge on any atom is -0.494 e. The van der Waals surface area contributed by atoms with E-state index in [1.165, 1.54) is 58.3 Å². The number of primary amides is 1. The third-order valence-corrected chi connectivity index (χ3v) is 6.78. The molecule has 1 aromatic carbocycles. The Kier molecular flexibility index (Phi) is 21.3. The molecule has 1 aromatic rings. The van der Waals surface area contributed by atoms with Crippen LogP contribution in [0.3, 0.4) is 0 Å². The van der Waals surface area contributed by atoms with Crippen LogP contribution in [0.25, 0.3) is 0 Å². The highest BCUT2D eigenvalue weighted by molar-refractivity contribution is 5.90. The van der Waals surface area contributed by atoms with Gasteiger partial charge in [-0.15, -0.1) is 0 Å². The molecule has 7 N–H and O–H groups in total. The number of nitrogens with two attached hydrogens (primary N) is 1. The minimum absolute atomic E-state index is 0.0133. The number of unbranched alkanes of at least 4 members (excludes halogenated alkanes) is 9. The first-order valence-corrected chi connectivity index (χ1v) is 16.1. The lowest BCUT2D eigenvalue weighted by molar-refractivity contribution is -0.129. The summed E-state index contributed by atoms with van der Waals surface area (Å²) in [4.78, 5) is 59.3. The molecular formula is C32H54N6O6. The fraction of sp³-hybridized carbons (Fsp3) is 0.656. The van der Waals surface area contributed by atoms with Gasteiger partial charge in [-0.05, 0) is 25.0 Å². The number of nitrogens with one attached hydrogen (secondary N) is 5. The van der Waals surface area contributed by atoms with Gasteiger partial charge in [0.05, 0.1) is 6.61 Å². The maximum atomic E-state index is 12.8. The highest BCUT2D eigenvalue weighted by atomic mass is 16.5. The Morgan fingerprint density at radius 1 is 0.750 bits per heavy atom. The molecule has 0 aliphatic rings. The van der Waals surface area contributed by atoms with Gasteiger partial charge >= 0.3 is 0 Å². The number of ether oxygens (including phenoxy) is 1. The molecule has 0 aliphatic carbocycles. The largest absolute Gasteiger partial charge is 0.494 e. The van der Waals surface area contributed by atoms with E-state index in [0.717, 1.165) is 12.8 Å². The summed E-state index contributed by atoms with van der Waals surface area (Å²) < 4.78 is 5.80. The molecule has 1 rings (SSSR count). The molecule has 0 aromatic heterocycles. The van der Waals surface area contributed by atoms with E-state index >= 15 is 0 Å². The first-order valence-electron chi connectivity index (χ1n) is 16.1. The average molecular weight is 619 g/mol. The van der Waals surface area contributed by atoms with Gasteiger partial charge in [0.25, 0.3) is 5.91 Å². The van der Waals surface area contributed by atoms with E-state index in [1.54, 1.807) is 24.3 Å². The SMILES string of the molecule is CCCCCCCCCCCCNC(=O)CCCOc1cccc(NC(NC(=O)CCC(N)=O)C(=O)NCCNC(C)=O)c1. The third-order valence-electron chi connectivity index (χ3n) is 6.78. The molecule has 1 unspecified atom stereocenters. The van der Waals surface area contributed by atoms with Gasteiger partial charge in [0.15, 0.2) is 6.17 Å². The van der Waals surface area contributed by atoms with E-state index in [1.807, 2.05) is 0 Å². The Morgan fingerprint density at radius 3 is 2.07 bits per heavy atom. The Hall–Kier alpha value is -3.83. The van der Waals surface area contributed by atoms with Crippen molar-refractivity contribution >= 4 is 35.2 Å². The van der Waals surface area contributed by atoms with Crippen molar-refractivity contribution < 1.29 is 28.7 Å². The Labute approximate surface area is 262 Å². The number of rotatable bonds is 26. The number of carbonyl (C=O) groups excluding carboxylic acids is 5. The van der Waals surface area contributed by atoms with Gasteiger partial charge in [0, 0.05) is 57.6 Å². The number of hydrogen-bond donors (Lipinski definition) is 6. The first-order chi connectivity index (χ1) is 21.2. The maximum absolute atomic E-state index is 12.8. The second-order valence-corrected chi connectivity index (χ2v) is 10.9. The molecule has 0 heterocycles. The van der Waals surface area contributed by atoms with Crippen LogP contribution >= 0.6 is 0 Å². The number of amides is 5. The van der Waals surface area contributed by atoms with Crippen LogP contribution in [-0.2, 0) is 24.0 Å². The summed E-state index contributed by atoms with van der Waals surface area (Å²) in [6.45, 7) is 5.03. The molecule has 248 valence electrons. The molecule has 0 saturated heterocycles. The summed E-state index contributed by atoms with van der Waals surface area (Å²) in [5, 5.41) is 13.7. The first kappa shape index (κ1) is 38.2. The van der Waals surface area contributed by atoms with E-state index in [2.05, 4.69) is 33.5 Å². The van der Waals surface area contributed by atoms with E-state index < -0.39 is 23.9 Å². The van der Waals surface area contributed by atoms with Crippen LogP contribution in [0.2, 0.25) is 0 Å². The van der Waals surface area contributed by atoms with Gasteiger partial charge in [-0.3, -0.25) is 24.0 Å². The van der Waals surface area contributed by atoms with Gasteiger partial charge in [-0.25, -0.2) is 0 Å². The van der Waals surface area contributed by atoms with Crippen molar-refractivity contribution in [1.82, 2.24) is 21.3 Å². The van der Waals surface area contributed by atoms with Crippen LogP contribution in [-0.4, -0.2) is 61.9 Å². The van der Waals surface area contributed by atoms with Crippen molar-refractivity contribution in [3.63, 3.8) is 0 Å². The summed E-state index contributed by atoms with van der Waals surface area (Å²) in [6.07, 6.45) is 12.0. The molecule has 0 saturated carbocycles. The topological polar surface area (TPSA) is 181 Å². The summed E-state index contributed by atoms with van der Waals surface area (Å²) in [7, 11) is 0. The summed E-state index contributed by atoms with van der Waals surface area (Å²) in [5.74, 6) is -1.36. The molecule has 12 heteroatoms. The minimum atomic E-state index is -1.15. The van der Waals surface area contributed by atoms with Gasteiger partial charge in [-0.2, -0.15) is 0 Å². The molecule has 5 amide bonds. The van der Waals surface area contributed by atoms with Crippen molar-refractivity contribution in [2.45, 2.75) is 110 Å². The second kappa shape index (κ2) is 24.6. The van der Waals surface area contributed by atoms with E-state index in [-0.39, 0.29) is 37.7 Å². The zero-order chi connectivity index (χ0) is 32.4. The van der Waals surface area contributed by atoms with Crippen LogP contribution in [0, 0.1) is 0 Å². The molecule has 44 heavy (non-hydrogen) atoms. The van der Waals surface area contributed by atoms with Crippen LogP contribution in [0.4, 0.5) is 5.69 Å². The van der Waals surface area contributed by atoms with Crippen LogP contribution in [0.15, 0.2) is 24.3 Å². The molecule has 12 nitrogen and oxygen atoms in total. The molecule has 1 atom stereocenters. The Bertz CT molecular complexity index is 1010. The predicted octanol–water partition coefficient (Wildman–Crippen LogP) is 3.25. The van der Waals surface area contributed by atoms with Crippen LogP contribution < -0.4 is 37.1 Å². The van der Waals surface area contributed by atoms with Gasteiger partial charge < -0.3 is 37.1 Å². The molecular weight excluding hydrogens is 564 g/mol. The highest BCUT2D eigenvalue weighted by Gasteiger charge is 2.21. The smallest absolute Gasteiger partial charge is 0.263 e. The zero-order valence-electron chi connectivity index (χ0n) is 26.6. The van der Waals surface area contributed by atoms with Gasteiger partial charge in [0.1, 0.15) is 5.75 Å². The third kappa shape index (κ3) is 21.0. The second-order valence-electron chi connectivity index (χ2n) is 10.9. The van der Waals surface area contributed by atoms with Crippen molar-refractivity contribution in [2.75, 3.05) is 31.6 Å². The summed E-state index contributed by atoms with van der Waals surface area (Å²) in [6, 6.07) is 6.88. The standard InChI is InChI=1S/C32H54N6O6/c1-3-4-5-6-7-8-9-10-11-12-20-35-29(41)17-14-23-44-27-16-13-15-26(24-27)37-31(38-30(42)19-18-28(33)40)32(43)36-22-21-34-25(2)39/h13,15-16,24,31,37H,3-12,14,17-23H2,1-2H3,(H2,33,40)(H,34,39)(H,35,41)(H,36,43)(H,38,42). The van der Waals surface area contributed by atoms with E-state index in [9.17, 15) is 24.0 Å². The fourth-order valence-electron chi connectivity index (χ4n) is 4.36. The molecule has 0 fully saturated rings. The summed E-state index contributed by atoms with van der Waals surface area (Å²) in [5.41, 5.74) is 5.63. The highest BCUT2D eigenvalue weighted by Crippen LogP contribution is 2.18. The monoisotopic (exact) mass is 618 g/mol. The fourth-order valence-corrected chi connectivity index (χ4v) is 4.36. The lowest BCUT2D eigenvalue weighted by atomic mass is 10.1. The maximum Gasteiger partial charge on any atom is 0.263 e. The predicted molar refractivity (Wildman–Crippen MR) is 172 cm³/mol. The van der Waals surface area contributed by atoms with E-state index in [4.69, 9.17) is 10.5 Å². The lowest BCUT2D eigenvalue weighted by Crippen LogP contribution is -2.52. The van der Waals surface area contributed by atoms with Gasteiger partial charge in [-0.1, -0.05) is 70.8 Å². The van der Waals surface area contributed by atoms with Gasteiger partial charge in [0.2, 0.25) is 23.6 Å². The molecule has 0 aliphatic heterocycles. The van der Waals surface area contributed by atoms with Crippen molar-refractivity contribution in [2.24, 2.45) is 5.73 Å². The molecule has 0 bridgehead atoms.